The van der Waals surface area contributed by atoms with Gasteiger partial charge in [0.25, 0.3) is 0 Å². The zero-order valence-corrected chi connectivity index (χ0v) is 11.2. The molecule has 0 spiro atoms. The van der Waals surface area contributed by atoms with Crippen molar-refractivity contribution in [3.05, 3.63) is 47.1 Å². The molecule has 5 heteroatoms. The fourth-order valence-corrected chi connectivity index (χ4v) is 3.69. The summed E-state index contributed by atoms with van der Waals surface area (Å²) in [4.78, 5) is 5.53. The number of aryl methyl sites for hydroxylation is 1. The van der Waals surface area contributed by atoms with Crippen molar-refractivity contribution >= 4 is 16.3 Å². The van der Waals surface area contributed by atoms with Gasteiger partial charge < -0.3 is 9.52 Å². The van der Waals surface area contributed by atoms with Crippen LogP contribution >= 0.6 is 11.3 Å². The van der Waals surface area contributed by atoms with Gasteiger partial charge in [-0.05, 0) is 18.9 Å². The van der Waals surface area contributed by atoms with Crippen molar-refractivity contribution in [3.63, 3.8) is 0 Å². The van der Waals surface area contributed by atoms with Crippen LogP contribution in [0.25, 0.3) is 4.96 Å². The van der Waals surface area contributed by atoms with Gasteiger partial charge in [0.15, 0.2) is 4.96 Å². The van der Waals surface area contributed by atoms with Crippen molar-refractivity contribution in [1.82, 2.24) is 9.38 Å². The number of hydrogen-bond acceptors (Lipinski definition) is 4. The van der Waals surface area contributed by atoms with Gasteiger partial charge in [0, 0.05) is 36.2 Å². The first-order chi connectivity index (χ1) is 9.24. The van der Waals surface area contributed by atoms with Crippen LogP contribution < -0.4 is 0 Å². The van der Waals surface area contributed by atoms with Crippen LogP contribution in [0.1, 0.15) is 29.9 Å². The molecular weight excluding hydrogens is 260 g/mol. The van der Waals surface area contributed by atoms with Crippen molar-refractivity contribution < 1.29 is 9.52 Å². The number of imidazole rings is 1. The minimum atomic E-state index is -0.829. The number of hydrogen-bond donors (Lipinski definition) is 1. The summed E-state index contributed by atoms with van der Waals surface area (Å²) in [6.45, 7) is 0. The highest BCUT2D eigenvalue weighted by atomic mass is 32.1. The van der Waals surface area contributed by atoms with Crippen LogP contribution in [0, 0.1) is 0 Å². The van der Waals surface area contributed by atoms with Gasteiger partial charge >= 0.3 is 0 Å². The summed E-state index contributed by atoms with van der Waals surface area (Å²) in [5, 5.41) is 12.9. The van der Waals surface area contributed by atoms with E-state index in [9.17, 15) is 5.11 Å². The van der Waals surface area contributed by atoms with Gasteiger partial charge in [-0.25, -0.2) is 4.98 Å². The number of fused-ring (bicyclic) bond motifs is 2. The maximum absolute atomic E-state index is 10.9. The van der Waals surface area contributed by atoms with Gasteiger partial charge in [0.05, 0.1) is 17.6 Å². The van der Waals surface area contributed by atoms with Crippen molar-refractivity contribution in [1.29, 1.82) is 0 Å². The predicted molar refractivity (Wildman–Crippen MR) is 72.3 cm³/mol. The lowest BCUT2D eigenvalue weighted by atomic mass is 9.80. The fourth-order valence-electron chi connectivity index (χ4n) is 2.97. The molecule has 0 amide bonds. The molecule has 0 saturated heterocycles. The van der Waals surface area contributed by atoms with Crippen LogP contribution in [0.5, 0.6) is 0 Å². The molecule has 98 valence electrons. The first kappa shape index (κ1) is 11.3. The molecule has 0 saturated carbocycles. The average Bonchev–Trinajstić information content (AvgIpc) is 3.02. The second-order valence-electron chi connectivity index (χ2n) is 5.14. The summed E-state index contributed by atoms with van der Waals surface area (Å²) in [6.07, 6.45) is 8.86. The molecule has 0 bridgehead atoms. The molecule has 1 aliphatic rings. The van der Waals surface area contributed by atoms with E-state index in [1.165, 1.54) is 0 Å². The molecule has 0 radical (unpaired) electrons. The Kier molecular flexibility index (Phi) is 2.34. The van der Waals surface area contributed by atoms with E-state index < -0.39 is 5.60 Å². The Hall–Kier alpha value is -1.59. The molecule has 0 aromatic carbocycles. The van der Waals surface area contributed by atoms with Crippen LogP contribution in [-0.2, 0) is 18.4 Å². The molecule has 1 unspecified atom stereocenters. The number of furan rings is 1. The normalized spacial score (nSPS) is 22.8. The molecule has 3 aromatic rings. The Bertz CT molecular complexity index is 698. The van der Waals surface area contributed by atoms with E-state index in [0.717, 1.165) is 41.2 Å². The maximum atomic E-state index is 10.9. The van der Waals surface area contributed by atoms with Crippen molar-refractivity contribution in [2.75, 3.05) is 0 Å². The van der Waals surface area contributed by atoms with E-state index in [4.69, 9.17) is 4.42 Å². The van der Waals surface area contributed by atoms with E-state index >= 15 is 0 Å². The zero-order valence-electron chi connectivity index (χ0n) is 10.4. The summed E-state index contributed by atoms with van der Waals surface area (Å²) in [6, 6.07) is 1.90. The quantitative estimate of drug-likeness (QED) is 0.781. The number of aliphatic hydroxyl groups is 1. The summed E-state index contributed by atoms with van der Waals surface area (Å²) in [5.74, 6) is 0.926. The zero-order chi connectivity index (χ0) is 12.9. The van der Waals surface area contributed by atoms with Gasteiger partial charge in [-0.15, -0.1) is 11.3 Å². The largest absolute Gasteiger partial charge is 0.469 e. The lowest BCUT2D eigenvalue weighted by Gasteiger charge is -2.31. The predicted octanol–water partition coefficient (Wildman–Crippen LogP) is 2.76. The van der Waals surface area contributed by atoms with Crippen LogP contribution in [0.2, 0.25) is 0 Å². The van der Waals surface area contributed by atoms with E-state index in [2.05, 4.69) is 4.98 Å². The fraction of sp³-hybridized carbons (Fsp3) is 0.357. The van der Waals surface area contributed by atoms with E-state index in [-0.39, 0.29) is 0 Å². The molecule has 1 N–H and O–H groups in total. The van der Waals surface area contributed by atoms with E-state index in [0.29, 0.717) is 6.42 Å². The Morgan fingerprint density at radius 1 is 1.53 bits per heavy atom. The van der Waals surface area contributed by atoms with Gasteiger partial charge in [-0.3, -0.25) is 4.40 Å². The molecule has 3 aromatic heterocycles. The summed E-state index contributed by atoms with van der Waals surface area (Å²) < 4.78 is 7.45. The van der Waals surface area contributed by atoms with E-state index in [1.807, 2.05) is 28.2 Å². The molecule has 0 aliphatic heterocycles. The monoisotopic (exact) mass is 274 g/mol. The highest BCUT2D eigenvalue weighted by Gasteiger charge is 2.37. The van der Waals surface area contributed by atoms with Crippen LogP contribution in [-0.4, -0.2) is 14.5 Å². The molecule has 4 nitrogen and oxygen atoms in total. The minimum absolute atomic E-state index is 0.550. The lowest BCUT2D eigenvalue weighted by Crippen LogP contribution is -2.32. The Morgan fingerprint density at radius 3 is 3.37 bits per heavy atom. The number of aromatic nitrogens is 2. The topological polar surface area (TPSA) is 50.7 Å². The van der Waals surface area contributed by atoms with Crippen molar-refractivity contribution in [2.24, 2.45) is 0 Å². The van der Waals surface area contributed by atoms with Gasteiger partial charge in [0.1, 0.15) is 5.76 Å². The van der Waals surface area contributed by atoms with Gasteiger partial charge in [-0.1, -0.05) is 0 Å². The third-order valence-corrected chi connectivity index (χ3v) is 4.63. The molecule has 1 aliphatic carbocycles. The third kappa shape index (κ3) is 1.73. The first-order valence-corrected chi connectivity index (χ1v) is 7.33. The summed E-state index contributed by atoms with van der Waals surface area (Å²) >= 11 is 1.61. The van der Waals surface area contributed by atoms with Crippen LogP contribution in [0.3, 0.4) is 0 Å². The number of rotatable bonds is 2. The maximum Gasteiger partial charge on any atom is 0.193 e. The smallest absolute Gasteiger partial charge is 0.193 e. The Morgan fingerprint density at radius 2 is 2.47 bits per heavy atom. The second kappa shape index (κ2) is 3.95. The molecule has 3 heterocycles. The van der Waals surface area contributed by atoms with Gasteiger partial charge in [0.2, 0.25) is 0 Å². The second-order valence-corrected chi connectivity index (χ2v) is 6.02. The number of nitrogens with zero attached hydrogens (tertiary/aromatic N) is 2. The Balaban J connectivity index is 1.71. The number of thiazole rings is 1. The molecule has 0 fully saturated rings. The lowest BCUT2D eigenvalue weighted by molar-refractivity contribution is 0.0161. The van der Waals surface area contributed by atoms with Crippen molar-refractivity contribution in [3.8, 4) is 0 Å². The first-order valence-electron chi connectivity index (χ1n) is 6.45. The highest BCUT2D eigenvalue weighted by molar-refractivity contribution is 7.15. The molecular formula is C14H14N2O2S. The van der Waals surface area contributed by atoms with Gasteiger partial charge in [-0.2, -0.15) is 0 Å². The highest BCUT2D eigenvalue weighted by Crippen LogP contribution is 2.38. The van der Waals surface area contributed by atoms with Crippen LogP contribution in [0.15, 0.2) is 34.5 Å². The van der Waals surface area contributed by atoms with E-state index in [1.54, 1.807) is 17.6 Å². The molecule has 1 atom stereocenters. The van der Waals surface area contributed by atoms with Crippen LogP contribution in [0.4, 0.5) is 0 Å². The summed E-state index contributed by atoms with van der Waals surface area (Å²) in [7, 11) is 0. The summed E-state index contributed by atoms with van der Waals surface area (Å²) in [5.41, 5.74) is 1.04. The van der Waals surface area contributed by atoms with Crippen molar-refractivity contribution in [2.45, 2.75) is 31.3 Å². The Labute approximate surface area is 114 Å². The average molecular weight is 274 g/mol. The SMILES string of the molecule is OC1(Cc2cn3ccsc3n2)CCCc2occc21. The molecule has 19 heavy (non-hydrogen) atoms. The molecule has 4 rings (SSSR count). The minimum Gasteiger partial charge on any atom is -0.469 e. The standard InChI is InChI=1S/C14H14N2O2S/c17-14(4-1-2-12-11(14)3-6-18-12)8-10-9-16-5-7-19-13(16)15-10/h3,5-7,9,17H,1-2,4,8H2. The third-order valence-electron chi connectivity index (χ3n) is 3.86.